The molecule has 23 heavy (non-hydrogen) atoms. The van der Waals surface area contributed by atoms with Crippen LogP contribution >= 0.6 is 23.1 Å². The molecule has 0 unspecified atom stereocenters. The molecule has 0 fully saturated rings. The predicted octanol–water partition coefficient (Wildman–Crippen LogP) is 3.85. The van der Waals surface area contributed by atoms with Crippen LogP contribution in [0.4, 0.5) is 0 Å². The van der Waals surface area contributed by atoms with E-state index in [1.165, 1.54) is 16.6 Å². The molecule has 4 rings (SSSR count). The zero-order valence-electron chi connectivity index (χ0n) is 12.8. The van der Waals surface area contributed by atoms with Crippen molar-refractivity contribution in [3.63, 3.8) is 0 Å². The topological polar surface area (TPSA) is 69.6 Å². The Morgan fingerprint density at radius 1 is 1.22 bits per heavy atom. The van der Waals surface area contributed by atoms with Gasteiger partial charge in [0.05, 0.1) is 11.8 Å². The van der Waals surface area contributed by atoms with Crippen molar-refractivity contribution < 1.29 is 4.42 Å². The monoisotopic (exact) mass is 343 g/mol. The molecule has 0 aliphatic rings. The Kier molecular flexibility index (Phi) is 3.42. The second-order valence-corrected chi connectivity index (χ2v) is 7.30. The van der Waals surface area contributed by atoms with Crippen LogP contribution in [0.5, 0.6) is 0 Å². The highest BCUT2D eigenvalue weighted by molar-refractivity contribution is 7.99. The molecule has 0 radical (unpaired) electrons. The van der Waals surface area contributed by atoms with Crippen LogP contribution < -0.4 is 0 Å². The van der Waals surface area contributed by atoms with Gasteiger partial charge >= 0.3 is 0 Å². The number of furan rings is 1. The molecule has 4 aromatic rings. The SMILES string of the molecule is Cc1cc2c(Sc3nnc(-c4ccoc4C)n3C)ncnc2s1. The molecule has 4 heterocycles. The van der Waals surface area contributed by atoms with Crippen LogP contribution in [-0.4, -0.2) is 24.7 Å². The van der Waals surface area contributed by atoms with Crippen molar-refractivity contribution in [2.24, 2.45) is 7.05 Å². The summed E-state index contributed by atoms with van der Waals surface area (Å²) in [6.07, 6.45) is 3.26. The molecular weight excluding hydrogens is 330 g/mol. The Bertz CT molecular complexity index is 1000. The fraction of sp³-hybridized carbons (Fsp3) is 0.200. The minimum Gasteiger partial charge on any atom is -0.469 e. The maximum atomic E-state index is 5.35. The Balaban J connectivity index is 1.75. The Morgan fingerprint density at radius 3 is 2.87 bits per heavy atom. The smallest absolute Gasteiger partial charge is 0.197 e. The largest absolute Gasteiger partial charge is 0.469 e. The number of hydrogen-bond donors (Lipinski definition) is 0. The first-order chi connectivity index (χ1) is 11.1. The van der Waals surface area contributed by atoms with E-state index in [-0.39, 0.29) is 0 Å². The summed E-state index contributed by atoms with van der Waals surface area (Å²) >= 11 is 3.16. The maximum Gasteiger partial charge on any atom is 0.197 e. The van der Waals surface area contributed by atoms with Gasteiger partial charge in [-0.15, -0.1) is 21.5 Å². The third kappa shape index (κ3) is 2.43. The zero-order chi connectivity index (χ0) is 16.0. The third-order valence-corrected chi connectivity index (χ3v) is 5.55. The predicted molar refractivity (Wildman–Crippen MR) is 89.7 cm³/mol. The summed E-state index contributed by atoms with van der Waals surface area (Å²) < 4.78 is 7.31. The summed E-state index contributed by atoms with van der Waals surface area (Å²) in [4.78, 5) is 10.9. The van der Waals surface area contributed by atoms with E-state index in [1.54, 1.807) is 23.9 Å². The van der Waals surface area contributed by atoms with Gasteiger partial charge in [0.2, 0.25) is 0 Å². The summed E-state index contributed by atoms with van der Waals surface area (Å²) in [5.74, 6) is 1.61. The number of hydrogen-bond acceptors (Lipinski definition) is 7. The molecule has 0 aromatic carbocycles. The van der Waals surface area contributed by atoms with Crippen LogP contribution in [0.25, 0.3) is 21.6 Å². The summed E-state index contributed by atoms with van der Waals surface area (Å²) in [6.45, 7) is 3.99. The van der Waals surface area contributed by atoms with Gasteiger partial charge in [0.25, 0.3) is 0 Å². The van der Waals surface area contributed by atoms with Gasteiger partial charge in [-0.1, -0.05) is 0 Å². The fourth-order valence-electron chi connectivity index (χ4n) is 2.38. The van der Waals surface area contributed by atoms with Gasteiger partial charge in [0, 0.05) is 17.3 Å². The minimum absolute atomic E-state index is 0.782. The van der Waals surface area contributed by atoms with Gasteiger partial charge in [-0.3, -0.25) is 0 Å². The number of fused-ring (bicyclic) bond motifs is 1. The molecule has 6 nitrogen and oxygen atoms in total. The number of rotatable bonds is 3. The van der Waals surface area contributed by atoms with E-state index < -0.39 is 0 Å². The molecule has 0 aliphatic heterocycles. The normalized spacial score (nSPS) is 11.4. The lowest BCUT2D eigenvalue weighted by Crippen LogP contribution is -1.95. The molecule has 4 aromatic heterocycles. The summed E-state index contributed by atoms with van der Waals surface area (Å²) in [7, 11) is 1.95. The van der Waals surface area contributed by atoms with Crippen molar-refractivity contribution in [2.75, 3.05) is 0 Å². The van der Waals surface area contributed by atoms with Crippen LogP contribution in [0.15, 0.2) is 39.3 Å². The lowest BCUT2D eigenvalue weighted by atomic mass is 10.2. The number of nitrogens with zero attached hydrogens (tertiary/aromatic N) is 5. The minimum atomic E-state index is 0.782. The molecule has 0 bridgehead atoms. The van der Waals surface area contributed by atoms with Crippen molar-refractivity contribution in [2.45, 2.75) is 24.0 Å². The van der Waals surface area contributed by atoms with Gasteiger partial charge in [0.1, 0.15) is 21.9 Å². The highest BCUT2D eigenvalue weighted by Gasteiger charge is 2.17. The number of thiophene rings is 1. The standard InChI is InChI=1S/C15H13N5OS2/c1-8-6-11-13(22-8)16-7-17-14(11)23-15-19-18-12(20(15)3)10-4-5-21-9(10)2/h4-7H,1-3H3. The van der Waals surface area contributed by atoms with Gasteiger partial charge in [0.15, 0.2) is 11.0 Å². The molecule has 116 valence electrons. The molecule has 0 aliphatic carbocycles. The highest BCUT2D eigenvalue weighted by Crippen LogP contribution is 2.34. The second kappa shape index (κ2) is 5.47. The van der Waals surface area contributed by atoms with E-state index in [0.717, 1.165) is 37.5 Å². The van der Waals surface area contributed by atoms with Crippen molar-refractivity contribution in [3.8, 4) is 11.4 Å². The quantitative estimate of drug-likeness (QED) is 0.526. The Morgan fingerprint density at radius 2 is 2.09 bits per heavy atom. The van der Waals surface area contributed by atoms with Crippen LogP contribution in [0.1, 0.15) is 10.6 Å². The molecule has 0 atom stereocenters. The summed E-state index contributed by atoms with van der Waals surface area (Å²) in [5, 5.41) is 11.3. The average molecular weight is 343 g/mol. The number of aryl methyl sites for hydroxylation is 2. The molecule has 0 spiro atoms. The van der Waals surface area contributed by atoms with E-state index >= 15 is 0 Å². The van der Waals surface area contributed by atoms with E-state index in [4.69, 9.17) is 4.42 Å². The van der Waals surface area contributed by atoms with Crippen LogP contribution in [0, 0.1) is 13.8 Å². The first kappa shape index (κ1) is 14.4. The molecular formula is C15H13N5OS2. The molecule has 0 saturated carbocycles. The van der Waals surface area contributed by atoms with Crippen LogP contribution in [0.3, 0.4) is 0 Å². The van der Waals surface area contributed by atoms with E-state index in [2.05, 4.69) is 33.2 Å². The van der Waals surface area contributed by atoms with E-state index in [0.29, 0.717) is 0 Å². The summed E-state index contributed by atoms with van der Waals surface area (Å²) in [6, 6.07) is 4.01. The van der Waals surface area contributed by atoms with E-state index in [1.807, 2.05) is 24.6 Å². The van der Waals surface area contributed by atoms with Gasteiger partial charge < -0.3 is 8.98 Å². The first-order valence-electron chi connectivity index (χ1n) is 6.96. The lowest BCUT2D eigenvalue weighted by molar-refractivity contribution is 0.534. The van der Waals surface area contributed by atoms with E-state index in [9.17, 15) is 0 Å². The fourth-order valence-corrected chi connectivity index (χ4v) is 4.13. The van der Waals surface area contributed by atoms with Crippen molar-refractivity contribution >= 4 is 33.3 Å². The van der Waals surface area contributed by atoms with Crippen LogP contribution in [0.2, 0.25) is 0 Å². The third-order valence-electron chi connectivity index (χ3n) is 3.54. The molecule has 0 amide bonds. The van der Waals surface area contributed by atoms with Crippen LogP contribution in [-0.2, 0) is 7.05 Å². The average Bonchev–Trinajstić information content (AvgIpc) is 3.19. The maximum absolute atomic E-state index is 5.35. The van der Waals surface area contributed by atoms with Crippen molar-refractivity contribution in [1.82, 2.24) is 24.7 Å². The van der Waals surface area contributed by atoms with Crippen molar-refractivity contribution in [1.29, 1.82) is 0 Å². The highest BCUT2D eigenvalue weighted by atomic mass is 32.2. The Labute approximate surface area is 140 Å². The molecule has 0 saturated heterocycles. The first-order valence-corrected chi connectivity index (χ1v) is 8.59. The zero-order valence-corrected chi connectivity index (χ0v) is 14.4. The number of aromatic nitrogens is 5. The lowest BCUT2D eigenvalue weighted by Gasteiger charge is -2.03. The second-order valence-electron chi connectivity index (χ2n) is 5.11. The molecule has 0 N–H and O–H groups in total. The van der Waals surface area contributed by atoms with Gasteiger partial charge in [-0.25, -0.2) is 9.97 Å². The van der Waals surface area contributed by atoms with Crippen molar-refractivity contribution in [3.05, 3.63) is 35.4 Å². The van der Waals surface area contributed by atoms with Gasteiger partial charge in [-0.05, 0) is 37.7 Å². The molecule has 8 heteroatoms. The Hall–Kier alpha value is -2.19. The van der Waals surface area contributed by atoms with Gasteiger partial charge in [-0.2, -0.15) is 0 Å². The summed E-state index contributed by atoms with van der Waals surface area (Å²) in [5.41, 5.74) is 0.950.